The van der Waals surface area contributed by atoms with Crippen LogP contribution in [0.15, 0.2) is 24.5 Å². The lowest BCUT2D eigenvalue weighted by Gasteiger charge is -2.00. The van der Waals surface area contributed by atoms with Gasteiger partial charge in [-0.25, -0.2) is 4.57 Å². The van der Waals surface area contributed by atoms with E-state index >= 15 is 0 Å². The average molecular weight is 234 g/mol. The molecule has 0 atom stereocenters. The quantitative estimate of drug-likeness (QED) is 0.440. The summed E-state index contributed by atoms with van der Waals surface area (Å²) in [5.74, 6) is 0. The number of aromatic nitrogens is 1. The van der Waals surface area contributed by atoms with Crippen LogP contribution >= 0.6 is 0 Å². The van der Waals surface area contributed by atoms with E-state index in [2.05, 4.69) is 42.9 Å². The van der Waals surface area contributed by atoms with Crippen molar-refractivity contribution >= 4 is 0 Å². The van der Waals surface area contributed by atoms with Crippen LogP contribution in [-0.2, 0) is 6.54 Å². The molecule has 0 N–H and O–H groups in total. The second-order valence-corrected chi connectivity index (χ2v) is 5.09. The molecule has 17 heavy (non-hydrogen) atoms. The van der Waals surface area contributed by atoms with E-state index in [-0.39, 0.29) is 0 Å². The van der Waals surface area contributed by atoms with Crippen molar-refractivity contribution in [2.75, 3.05) is 0 Å². The Labute approximate surface area is 107 Å². The Bertz CT molecular complexity index is 276. The third-order valence-corrected chi connectivity index (χ3v) is 3.33. The molecule has 0 aliphatic heterocycles. The van der Waals surface area contributed by atoms with Gasteiger partial charge in [-0.15, -0.1) is 0 Å². The highest BCUT2D eigenvalue weighted by Crippen LogP contribution is 2.08. The van der Waals surface area contributed by atoms with Gasteiger partial charge in [0.1, 0.15) is 6.54 Å². The molecule has 0 aromatic carbocycles. The molecule has 0 spiro atoms. The van der Waals surface area contributed by atoms with Crippen LogP contribution in [0.5, 0.6) is 0 Å². The maximum absolute atomic E-state index is 2.30. The fourth-order valence-corrected chi connectivity index (χ4v) is 2.11. The van der Waals surface area contributed by atoms with Gasteiger partial charge in [0, 0.05) is 18.6 Å². The molecule has 1 rings (SSSR count). The predicted molar refractivity (Wildman–Crippen MR) is 74.0 cm³/mol. The van der Waals surface area contributed by atoms with Crippen LogP contribution in [0.4, 0.5) is 0 Å². The molecule has 0 amide bonds. The van der Waals surface area contributed by atoms with Gasteiger partial charge in [-0.2, -0.15) is 0 Å². The number of unbranched alkanes of at least 4 members (excludes halogenated alkanes) is 7. The van der Waals surface area contributed by atoms with Gasteiger partial charge in [0.05, 0.1) is 0 Å². The number of hydrogen-bond donors (Lipinski definition) is 0. The summed E-state index contributed by atoms with van der Waals surface area (Å²) in [5.41, 5.74) is 1.34. The largest absolute Gasteiger partial charge is 0.205 e. The van der Waals surface area contributed by atoms with Crippen molar-refractivity contribution in [3.8, 4) is 0 Å². The first-order valence-corrected chi connectivity index (χ1v) is 7.28. The summed E-state index contributed by atoms with van der Waals surface area (Å²) in [7, 11) is 0. The number of aryl methyl sites for hydroxylation is 2. The molecule has 1 heterocycles. The monoisotopic (exact) mass is 234 g/mol. The number of nitrogens with zero attached hydrogens (tertiary/aromatic N) is 1. The third-order valence-electron chi connectivity index (χ3n) is 3.33. The van der Waals surface area contributed by atoms with Gasteiger partial charge in [-0.3, -0.25) is 0 Å². The standard InChI is InChI=1S/C16H28N/c1-3-4-5-6-7-8-9-10-13-17-14-11-16(2)12-15-17/h11-12,14-15H,3-10,13H2,1-2H3/q+1. The molecule has 0 unspecified atom stereocenters. The Morgan fingerprint density at radius 2 is 1.35 bits per heavy atom. The van der Waals surface area contributed by atoms with Crippen molar-refractivity contribution in [3.63, 3.8) is 0 Å². The molecular weight excluding hydrogens is 206 g/mol. The molecule has 0 aliphatic rings. The highest BCUT2D eigenvalue weighted by atomic mass is 14.9. The van der Waals surface area contributed by atoms with Crippen LogP contribution in [0.1, 0.15) is 63.9 Å². The minimum atomic E-state index is 1.18. The molecule has 1 aromatic heterocycles. The van der Waals surface area contributed by atoms with Crippen LogP contribution in [0.3, 0.4) is 0 Å². The van der Waals surface area contributed by atoms with E-state index in [4.69, 9.17) is 0 Å². The molecule has 1 heteroatoms. The molecule has 0 radical (unpaired) electrons. The van der Waals surface area contributed by atoms with Crippen molar-refractivity contribution in [3.05, 3.63) is 30.1 Å². The van der Waals surface area contributed by atoms with Crippen LogP contribution in [-0.4, -0.2) is 0 Å². The lowest BCUT2D eigenvalue weighted by atomic mass is 10.1. The van der Waals surface area contributed by atoms with Crippen molar-refractivity contribution < 1.29 is 4.57 Å². The minimum Gasteiger partial charge on any atom is -0.205 e. The fraction of sp³-hybridized carbons (Fsp3) is 0.688. The van der Waals surface area contributed by atoms with E-state index in [1.54, 1.807) is 0 Å². The molecule has 0 saturated carbocycles. The van der Waals surface area contributed by atoms with E-state index in [0.717, 1.165) is 0 Å². The first kappa shape index (κ1) is 14.2. The number of rotatable bonds is 9. The van der Waals surface area contributed by atoms with Gasteiger partial charge in [0.2, 0.25) is 0 Å². The first-order valence-electron chi connectivity index (χ1n) is 7.28. The molecule has 96 valence electrons. The smallest absolute Gasteiger partial charge is 0.169 e. The Morgan fingerprint density at radius 1 is 0.824 bits per heavy atom. The van der Waals surface area contributed by atoms with Gasteiger partial charge in [-0.1, -0.05) is 45.4 Å². The summed E-state index contributed by atoms with van der Waals surface area (Å²) >= 11 is 0. The topological polar surface area (TPSA) is 3.88 Å². The van der Waals surface area contributed by atoms with Crippen LogP contribution in [0, 0.1) is 6.92 Å². The lowest BCUT2D eigenvalue weighted by Crippen LogP contribution is -2.32. The Hall–Kier alpha value is -0.850. The Balaban J connectivity index is 1.95. The summed E-state index contributed by atoms with van der Waals surface area (Å²) in [6.45, 7) is 5.59. The highest BCUT2D eigenvalue weighted by molar-refractivity contribution is 5.03. The Morgan fingerprint density at radius 3 is 1.94 bits per heavy atom. The van der Waals surface area contributed by atoms with Crippen molar-refractivity contribution in [2.45, 2.75) is 71.8 Å². The SMILES string of the molecule is CCCCCCCCCC[n+]1ccc(C)cc1. The van der Waals surface area contributed by atoms with Crippen LogP contribution in [0.2, 0.25) is 0 Å². The molecule has 0 saturated heterocycles. The zero-order chi connectivity index (χ0) is 12.3. The zero-order valence-corrected chi connectivity index (χ0v) is 11.6. The van der Waals surface area contributed by atoms with Gasteiger partial charge < -0.3 is 0 Å². The van der Waals surface area contributed by atoms with Gasteiger partial charge in [0.15, 0.2) is 12.4 Å². The number of pyridine rings is 1. The predicted octanol–water partition coefficient (Wildman–Crippen LogP) is 4.42. The Kier molecular flexibility index (Phi) is 7.70. The average Bonchev–Trinajstić information content (AvgIpc) is 2.35. The highest BCUT2D eigenvalue weighted by Gasteiger charge is 1.98. The molecule has 1 nitrogen and oxygen atoms in total. The van der Waals surface area contributed by atoms with E-state index < -0.39 is 0 Å². The minimum absolute atomic E-state index is 1.18. The second kappa shape index (κ2) is 9.21. The number of hydrogen-bond acceptors (Lipinski definition) is 0. The fourth-order valence-electron chi connectivity index (χ4n) is 2.11. The van der Waals surface area contributed by atoms with Crippen molar-refractivity contribution in [2.24, 2.45) is 0 Å². The third kappa shape index (κ3) is 7.14. The van der Waals surface area contributed by atoms with E-state index in [1.807, 2.05) is 0 Å². The molecular formula is C16H28N+. The van der Waals surface area contributed by atoms with Gasteiger partial charge in [-0.05, 0) is 18.9 Å². The normalized spacial score (nSPS) is 10.7. The summed E-state index contributed by atoms with van der Waals surface area (Å²) < 4.78 is 2.30. The van der Waals surface area contributed by atoms with E-state index in [1.165, 1.54) is 63.5 Å². The van der Waals surface area contributed by atoms with Crippen molar-refractivity contribution in [1.82, 2.24) is 0 Å². The molecule has 1 aromatic rings. The molecule has 0 aliphatic carbocycles. The van der Waals surface area contributed by atoms with Crippen LogP contribution in [0.25, 0.3) is 0 Å². The second-order valence-electron chi connectivity index (χ2n) is 5.09. The van der Waals surface area contributed by atoms with E-state index in [9.17, 15) is 0 Å². The van der Waals surface area contributed by atoms with Crippen LogP contribution < -0.4 is 4.57 Å². The summed E-state index contributed by atoms with van der Waals surface area (Å²) in [5, 5.41) is 0. The first-order chi connectivity index (χ1) is 8.33. The van der Waals surface area contributed by atoms with Gasteiger partial charge in [0.25, 0.3) is 0 Å². The van der Waals surface area contributed by atoms with E-state index in [0.29, 0.717) is 0 Å². The van der Waals surface area contributed by atoms with Gasteiger partial charge >= 0.3 is 0 Å². The summed E-state index contributed by atoms with van der Waals surface area (Å²) in [4.78, 5) is 0. The van der Waals surface area contributed by atoms with Crippen molar-refractivity contribution in [1.29, 1.82) is 0 Å². The maximum Gasteiger partial charge on any atom is 0.169 e. The summed E-state index contributed by atoms with van der Waals surface area (Å²) in [6, 6.07) is 4.37. The summed E-state index contributed by atoms with van der Waals surface area (Å²) in [6.07, 6.45) is 15.6. The lowest BCUT2D eigenvalue weighted by molar-refractivity contribution is -0.697. The zero-order valence-electron chi connectivity index (χ0n) is 11.6. The molecule has 0 fully saturated rings. The molecule has 0 bridgehead atoms. The maximum atomic E-state index is 2.30.